The van der Waals surface area contributed by atoms with E-state index in [0.717, 1.165) is 57.5 Å². The van der Waals surface area contributed by atoms with Gasteiger partial charge in [-0.05, 0) is 30.2 Å². The smallest absolute Gasteiger partial charge is 0.191 e. The quantitative estimate of drug-likeness (QED) is 0.387. The van der Waals surface area contributed by atoms with Gasteiger partial charge in [-0.3, -0.25) is 9.89 Å². The van der Waals surface area contributed by atoms with E-state index in [1.807, 2.05) is 12.1 Å². The van der Waals surface area contributed by atoms with Gasteiger partial charge in [-0.25, -0.2) is 4.39 Å². The lowest BCUT2D eigenvalue weighted by atomic mass is 10.2. The average molecular weight is 463 g/mol. The Morgan fingerprint density at radius 3 is 2.32 bits per heavy atom. The molecular formula is C18H31FIN5. The number of rotatable bonds is 6. The Morgan fingerprint density at radius 1 is 1.12 bits per heavy atom. The second-order valence-electron chi connectivity index (χ2n) is 6.58. The zero-order valence-corrected chi connectivity index (χ0v) is 17.8. The molecule has 0 radical (unpaired) electrons. The number of anilines is 1. The number of guanidine groups is 1. The topological polar surface area (TPSA) is 42.9 Å². The maximum atomic E-state index is 13.0. The Bertz CT molecular complexity index is 513. The van der Waals surface area contributed by atoms with Crippen LogP contribution in [0.5, 0.6) is 0 Å². The summed E-state index contributed by atoms with van der Waals surface area (Å²) in [6.45, 7) is 11.2. The molecule has 1 aliphatic heterocycles. The molecule has 0 unspecified atom stereocenters. The molecule has 2 N–H and O–H groups in total. The third-order valence-corrected chi connectivity index (χ3v) is 4.19. The van der Waals surface area contributed by atoms with E-state index in [1.54, 1.807) is 7.05 Å². The summed E-state index contributed by atoms with van der Waals surface area (Å²) in [5.41, 5.74) is 1.10. The van der Waals surface area contributed by atoms with Crippen LogP contribution in [0.4, 0.5) is 10.1 Å². The van der Waals surface area contributed by atoms with Gasteiger partial charge in [0.25, 0.3) is 0 Å². The number of aliphatic imine (C=N–C) groups is 1. The summed E-state index contributed by atoms with van der Waals surface area (Å²) in [6, 6.07) is 6.77. The molecule has 1 saturated heterocycles. The van der Waals surface area contributed by atoms with Gasteiger partial charge in [0.05, 0.1) is 0 Å². The lowest BCUT2D eigenvalue weighted by Gasteiger charge is -2.36. The highest BCUT2D eigenvalue weighted by Gasteiger charge is 2.16. The second-order valence-corrected chi connectivity index (χ2v) is 6.58. The normalized spacial score (nSPS) is 15.9. The minimum absolute atomic E-state index is 0. The summed E-state index contributed by atoms with van der Waals surface area (Å²) >= 11 is 0. The molecule has 0 atom stereocenters. The molecule has 0 spiro atoms. The summed E-state index contributed by atoms with van der Waals surface area (Å²) in [7, 11) is 1.80. The number of halogens is 2. The van der Waals surface area contributed by atoms with E-state index in [-0.39, 0.29) is 29.8 Å². The standard InChI is InChI=1S/C18H30FN5.HI/c1-15(2)14-22-18(20-3)21-8-9-23-10-12-24(13-11-23)17-6-4-16(19)5-7-17;/h4-7,15H,8-14H2,1-3H3,(H2,20,21,22);1H. The molecular weight excluding hydrogens is 432 g/mol. The van der Waals surface area contributed by atoms with E-state index in [2.05, 4.69) is 39.3 Å². The molecule has 1 aromatic carbocycles. The molecule has 0 aliphatic carbocycles. The number of piperazine rings is 1. The fraction of sp³-hybridized carbons (Fsp3) is 0.611. The van der Waals surface area contributed by atoms with E-state index in [1.165, 1.54) is 12.1 Å². The molecule has 1 fully saturated rings. The molecule has 0 saturated carbocycles. The number of hydrogen-bond donors (Lipinski definition) is 2. The first-order valence-corrected chi connectivity index (χ1v) is 8.76. The van der Waals surface area contributed by atoms with Gasteiger partial charge >= 0.3 is 0 Å². The van der Waals surface area contributed by atoms with Crippen molar-refractivity contribution in [2.75, 3.05) is 57.8 Å². The van der Waals surface area contributed by atoms with Crippen LogP contribution in [0.3, 0.4) is 0 Å². The third-order valence-electron chi connectivity index (χ3n) is 4.19. The highest BCUT2D eigenvalue weighted by molar-refractivity contribution is 14.0. The zero-order chi connectivity index (χ0) is 17.4. The molecule has 7 heteroatoms. The van der Waals surface area contributed by atoms with Gasteiger partial charge in [0.1, 0.15) is 5.82 Å². The highest BCUT2D eigenvalue weighted by atomic mass is 127. The van der Waals surface area contributed by atoms with Crippen molar-refractivity contribution in [3.8, 4) is 0 Å². The minimum atomic E-state index is -0.178. The van der Waals surface area contributed by atoms with Gasteiger partial charge in [-0.2, -0.15) is 0 Å². The molecule has 142 valence electrons. The maximum absolute atomic E-state index is 13.0. The monoisotopic (exact) mass is 463 g/mol. The molecule has 25 heavy (non-hydrogen) atoms. The van der Waals surface area contributed by atoms with Crippen LogP contribution in [0.25, 0.3) is 0 Å². The van der Waals surface area contributed by atoms with Crippen molar-refractivity contribution in [1.82, 2.24) is 15.5 Å². The van der Waals surface area contributed by atoms with Crippen LogP contribution in [-0.2, 0) is 0 Å². The van der Waals surface area contributed by atoms with Gasteiger partial charge in [-0.1, -0.05) is 13.8 Å². The van der Waals surface area contributed by atoms with Crippen molar-refractivity contribution in [3.63, 3.8) is 0 Å². The predicted molar refractivity (Wildman–Crippen MR) is 115 cm³/mol. The van der Waals surface area contributed by atoms with Crippen molar-refractivity contribution in [2.45, 2.75) is 13.8 Å². The van der Waals surface area contributed by atoms with Crippen LogP contribution in [-0.4, -0.2) is 63.7 Å². The Balaban J connectivity index is 0.00000312. The molecule has 1 heterocycles. The molecule has 2 rings (SSSR count). The first kappa shape index (κ1) is 22.0. The van der Waals surface area contributed by atoms with Crippen molar-refractivity contribution in [3.05, 3.63) is 30.1 Å². The van der Waals surface area contributed by atoms with E-state index in [4.69, 9.17) is 0 Å². The van der Waals surface area contributed by atoms with Crippen molar-refractivity contribution < 1.29 is 4.39 Å². The molecule has 1 aliphatic rings. The molecule has 0 aromatic heterocycles. The van der Waals surface area contributed by atoms with Crippen LogP contribution in [0.2, 0.25) is 0 Å². The Kier molecular flexibility index (Phi) is 10.1. The molecule has 0 bridgehead atoms. The van der Waals surface area contributed by atoms with Crippen LogP contribution in [0.15, 0.2) is 29.3 Å². The summed E-state index contributed by atoms with van der Waals surface area (Å²) in [5.74, 6) is 1.29. The van der Waals surface area contributed by atoms with Crippen LogP contribution < -0.4 is 15.5 Å². The maximum Gasteiger partial charge on any atom is 0.191 e. The van der Waals surface area contributed by atoms with Crippen molar-refractivity contribution in [2.24, 2.45) is 10.9 Å². The van der Waals surface area contributed by atoms with Crippen molar-refractivity contribution >= 4 is 35.6 Å². The lowest BCUT2D eigenvalue weighted by Crippen LogP contribution is -2.49. The van der Waals surface area contributed by atoms with E-state index in [0.29, 0.717) is 5.92 Å². The van der Waals surface area contributed by atoms with Crippen LogP contribution in [0, 0.1) is 11.7 Å². The second kappa shape index (κ2) is 11.5. The Hall–Kier alpha value is -1.09. The molecule has 5 nitrogen and oxygen atoms in total. The van der Waals surface area contributed by atoms with E-state index >= 15 is 0 Å². The zero-order valence-electron chi connectivity index (χ0n) is 15.5. The SMILES string of the molecule is CN=C(NCCN1CCN(c2ccc(F)cc2)CC1)NCC(C)C.I. The minimum Gasteiger partial charge on any atom is -0.369 e. The van der Waals surface area contributed by atoms with Gasteiger partial charge in [0.15, 0.2) is 5.96 Å². The van der Waals surface area contributed by atoms with Gasteiger partial charge < -0.3 is 15.5 Å². The van der Waals surface area contributed by atoms with Gasteiger partial charge in [0, 0.05) is 58.5 Å². The summed E-state index contributed by atoms with van der Waals surface area (Å²) in [6.07, 6.45) is 0. The predicted octanol–water partition coefficient (Wildman–Crippen LogP) is 2.39. The summed E-state index contributed by atoms with van der Waals surface area (Å²) in [5, 5.41) is 6.68. The number of hydrogen-bond acceptors (Lipinski definition) is 3. The fourth-order valence-corrected chi connectivity index (χ4v) is 2.74. The third kappa shape index (κ3) is 7.77. The van der Waals surface area contributed by atoms with Gasteiger partial charge in [0.2, 0.25) is 0 Å². The first-order chi connectivity index (χ1) is 11.6. The fourth-order valence-electron chi connectivity index (χ4n) is 2.74. The molecule has 1 aromatic rings. The average Bonchev–Trinajstić information content (AvgIpc) is 2.59. The Labute approximate surface area is 168 Å². The lowest BCUT2D eigenvalue weighted by molar-refractivity contribution is 0.261. The molecule has 0 amide bonds. The van der Waals surface area contributed by atoms with Crippen molar-refractivity contribution in [1.29, 1.82) is 0 Å². The number of nitrogens with one attached hydrogen (secondary N) is 2. The number of nitrogens with zero attached hydrogens (tertiary/aromatic N) is 3. The highest BCUT2D eigenvalue weighted by Crippen LogP contribution is 2.16. The summed E-state index contributed by atoms with van der Waals surface area (Å²) < 4.78 is 13.0. The van der Waals surface area contributed by atoms with Gasteiger partial charge in [-0.15, -0.1) is 24.0 Å². The number of benzene rings is 1. The Morgan fingerprint density at radius 2 is 1.76 bits per heavy atom. The first-order valence-electron chi connectivity index (χ1n) is 8.76. The van der Waals surface area contributed by atoms with E-state index < -0.39 is 0 Å². The summed E-state index contributed by atoms with van der Waals surface area (Å²) in [4.78, 5) is 9.00. The van der Waals surface area contributed by atoms with Crippen LogP contribution in [0.1, 0.15) is 13.8 Å². The van der Waals surface area contributed by atoms with Crippen LogP contribution >= 0.6 is 24.0 Å². The van der Waals surface area contributed by atoms with E-state index in [9.17, 15) is 4.39 Å². The largest absolute Gasteiger partial charge is 0.369 e.